The van der Waals surface area contributed by atoms with Gasteiger partial charge in [0.2, 0.25) is 5.60 Å². The van der Waals surface area contributed by atoms with E-state index in [-0.39, 0.29) is 5.41 Å². The highest BCUT2D eigenvalue weighted by atomic mass is 19.4. The lowest BCUT2D eigenvalue weighted by atomic mass is 9.58. The first kappa shape index (κ1) is 29.5. The highest BCUT2D eigenvalue weighted by molar-refractivity contribution is 5.85. The van der Waals surface area contributed by atoms with Gasteiger partial charge in [0.15, 0.2) is 0 Å². The summed E-state index contributed by atoms with van der Waals surface area (Å²) in [5, 5.41) is 0. The van der Waals surface area contributed by atoms with E-state index in [4.69, 9.17) is 4.74 Å². The van der Waals surface area contributed by atoms with Gasteiger partial charge in [-0.05, 0) is 44.4 Å². The molecule has 0 fully saturated rings. The Bertz CT molecular complexity index is 635. The van der Waals surface area contributed by atoms with Crippen molar-refractivity contribution in [2.45, 2.75) is 106 Å². The molecule has 10 heteroatoms. The SMILES string of the molecule is CCC(C)(C)CC(C)(C(=O)OC(C)(C)C(=O)OC(C(F)(F)F)C(F)(F)F)C(C)(C)CC. The number of ether oxygens (including phenoxy) is 2. The first-order chi connectivity index (χ1) is 13.5. The third-order valence-electron chi connectivity index (χ3n) is 6.28. The maximum absolute atomic E-state index is 13.2. The van der Waals surface area contributed by atoms with Crippen LogP contribution in [0.1, 0.15) is 81.6 Å². The van der Waals surface area contributed by atoms with Gasteiger partial charge in [0, 0.05) is 0 Å². The summed E-state index contributed by atoms with van der Waals surface area (Å²) in [4.78, 5) is 25.4. The largest absolute Gasteiger partial charge is 0.447 e. The average molecular weight is 464 g/mol. The summed E-state index contributed by atoms with van der Waals surface area (Å²) < 4.78 is 85.4. The van der Waals surface area contributed by atoms with Gasteiger partial charge in [-0.1, -0.05) is 48.0 Å². The second-order valence-electron chi connectivity index (χ2n) is 10.0. The molecule has 4 nitrogen and oxygen atoms in total. The minimum Gasteiger partial charge on any atom is -0.447 e. The van der Waals surface area contributed by atoms with Crippen molar-refractivity contribution in [1.29, 1.82) is 0 Å². The lowest BCUT2D eigenvalue weighted by Gasteiger charge is -2.46. The summed E-state index contributed by atoms with van der Waals surface area (Å²) in [5.41, 5.74) is -4.50. The summed E-state index contributed by atoms with van der Waals surface area (Å²) in [6.07, 6.45) is -14.5. The van der Waals surface area contributed by atoms with Crippen LogP contribution in [0.3, 0.4) is 0 Å². The molecule has 0 aliphatic rings. The molecule has 0 amide bonds. The Hall–Kier alpha value is -1.48. The molecule has 0 aromatic heterocycles. The number of halogens is 6. The van der Waals surface area contributed by atoms with Crippen LogP contribution in [-0.2, 0) is 19.1 Å². The van der Waals surface area contributed by atoms with Gasteiger partial charge < -0.3 is 9.47 Å². The van der Waals surface area contributed by atoms with Crippen LogP contribution in [0.4, 0.5) is 26.3 Å². The third kappa shape index (κ3) is 7.27. The topological polar surface area (TPSA) is 52.6 Å². The fraction of sp³-hybridized carbons (Fsp3) is 0.905. The maximum Gasteiger partial charge on any atom is 0.434 e. The van der Waals surface area contributed by atoms with Gasteiger partial charge in [-0.2, -0.15) is 26.3 Å². The lowest BCUT2D eigenvalue weighted by molar-refractivity contribution is -0.316. The summed E-state index contributed by atoms with van der Waals surface area (Å²) in [6, 6.07) is 0. The predicted octanol–water partition coefficient (Wildman–Crippen LogP) is 6.61. The van der Waals surface area contributed by atoms with E-state index in [9.17, 15) is 35.9 Å². The molecule has 1 unspecified atom stereocenters. The van der Waals surface area contributed by atoms with E-state index in [2.05, 4.69) is 4.74 Å². The van der Waals surface area contributed by atoms with Gasteiger partial charge in [-0.15, -0.1) is 0 Å². The van der Waals surface area contributed by atoms with Gasteiger partial charge in [-0.3, -0.25) is 4.79 Å². The highest BCUT2D eigenvalue weighted by Crippen LogP contribution is 2.51. The van der Waals surface area contributed by atoms with E-state index in [0.717, 1.165) is 13.8 Å². The lowest BCUT2D eigenvalue weighted by Crippen LogP contribution is -2.52. The number of esters is 2. The van der Waals surface area contributed by atoms with Gasteiger partial charge in [0.1, 0.15) is 0 Å². The fourth-order valence-electron chi connectivity index (χ4n) is 3.01. The van der Waals surface area contributed by atoms with Gasteiger partial charge in [0.25, 0.3) is 6.10 Å². The molecule has 0 spiro atoms. The average Bonchev–Trinajstić information content (AvgIpc) is 2.56. The molecule has 0 aliphatic heterocycles. The molecule has 0 saturated heterocycles. The molecule has 0 rings (SSSR count). The monoisotopic (exact) mass is 464 g/mol. The van der Waals surface area contributed by atoms with Gasteiger partial charge in [0.05, 0.1) is 5.41 Å². The quantitative estimate of drug-likeness (QED) is 0.284. The summed E-state index contributed by atoms with van der Waals surface area (Å²) >= 11 is 0. The molecular weight excluding hydrogens is 430 g/mol. The number of rotatable bonds is 9. The molecule has 0 aliphatic carbocycles. The Morgan fingerprint density at radius 1 is 0.742 bits per heavy atom. The van der Waals surface area contributed by atoms with Crippen LogP contribution in [0.2, 0.25) is 0 Å². The van der Waals surface area contributed by atoms with Crippen LogP contribution in [-0.4, -0.2) is 36.0 Å². The van der Waals surface area contributed by atoms with E-state index in [1.54, 1.807) is 6.92 Å². The molecule has 184 valence electrons. The summed E-state index contributed by atoms with van der Waals surface area (Å²) in [6.45, 7) is 14.7. The predicted molar refractivity (Wildman–Crippen MR) is 103 cm³/mol. The van der Waals surface area contributed by atoms with Crippen LogP contribution in [0, 0.1) is 16.2 Å². The Morgan fingerprint density at radius 2 is 1.16 bits per heavy atom. The van der Waals surface area contributed by atoms with Crippen LogP contribution < -0.4 is 0 Å². The minimum atomic E-state index is -5.86. The van der Waals surface area contributed by atoms with Gasteiger partial charge in [-0.25, -0.2) is 4.79 Å². The number of hydrogen-bond acceptors (Lipinski definition) is 4. The number of carbonyl (C=O) groups is 2. The Labute approximate surface area is 180 Å². The Morgan fingerprint density at radius 3 is 1.48 bits per heavy atom. The molecule has 0 bridgehead atoms. The summed E-state index contributed by atoms with van der Waals surface area (Å²) in [5.74, 6) is -2.83. The molecule has 31 heavy (non-hydrogen) atoms. The molecule has 1 atom stereocenters. The Kier molecular flexibility index (Phi) is 8.74. The first-order valence-electron chi connectivity index (χ1n) is 10.0. The van der Waals surface area contributed by atoms with Crippen LogP contribution in [0.15, 0.2) is 0 Å². The molecular formula is C21H34F6O4. The molecule has 0 heterocycles. The molecule has 0 aromatic carbocycles. The Balaban J connectivity index is 5.93. The van der Waals surface area contributed by atoms with Crippen molar-refractivity contribution in [2.24, 2.45) is 16.2 Å². The zero-order valence-corrected chi connectivity index (χ0v) is 19.6. The summed E-state index contributed by atoms with van der Waals surface area (Å²) in [7, 11) is 0. The molecule has 0 aromatic rings. The van der Waals surface area contributed by atoms with Crippen LogP contribution >= 0.6 is 0 Å². The third-order valence-corrected chi connectivity index (χ3v) is 6.28. The molecule has 0 saturated carbocycles. The standard InChI is InChI=1S/C21H34F6O4/c1-10-16(3,4)12-19(9,17(5,6)11-2)15(29)31-18(7,8)14(28)30-13(20(22,23)24)21(25,26)27/h13H,10-12H2,1-9H3. The second kappa shape index (κ2) is 9.17. The smallest absolute Gasteiger partial charge is 0.434 e. The number of hydrogen-bond donors (Lipinski definition) is 0. The number of carbonyl (C=O) groups excluding carboxylic acids is 2. The van der Waals surface area contributed by atoms with E-state index >= 15 is 0 Å². The van der Waals surface area contributed by atoms with Crippen molar-refractivity contribution in [3.05, 3.63) is 0 Å². The maximum atomic E-state index is 13.2. The zero-order chi connectivity index (χ0) is 25.3. The molecule has 0 N–H and O–H groups in total. The van der Waals surface area contributed by atoms with Gasteiger partial charge >= 0.3 is 24.3 Å². The minimum absolute atomic E-state index is 0.317. The normalized spacial score (nSPS) is 16.1. The van der Waals surface area contributed by atoms with E-state index in [1.165, 1.54) is 0 Å². The van der Waals surface area contributed by atoms with Crippen molar-refractivity contribution in [3.8, 4) is 0 Å². The van der Waals surface area contributed by atoms with Crippen molar-refractivity contribution in [3.63, 3.8) is 0 Å². The van der Waals surface area contributed by atoms with Crippen molar-refractivity contribution >= 4 is 11.9 Å². The van der Waals surface area contributed by atoms with E-state index in [0.29, 0.717) is 19.3 Å². The van der Waals surface area contributed by atoms with Crippen LogP contribution in [0.5, 0.6) is 0 Å². The first-order valence-corrected chi connectivity index (χ1v) is 10.0. The number of alkyl halides is 6. The highest BCUT2D eigenvalue weighted by Gasteiger charge is 2.61. The van der Waals surface area contributed by atoms with E-state index < -0.39 is 46.8 Å². The molecule has 0 radical (unpaired) electrons. The fourth-order valence-corrected chi connectivity index (χ4v) is 3.01. The van der Waals surface area contributed by atoms with Crippen molar-refractivity contribution < 1.29 is 45.4 Å². The second-order valence-corrected chi connectivity index (χ2v) is 10.0. The van der Waals surface area contributed by atoms with Crippen LogP contribution in [0.25, 0.3) is 0 Å². The zero-order valence-electron chi connectivity index (χ0n) is 19.6. The van der Waals surface area contributed by atoms with E-state index in [1.807, 2.05) is 41.5 Å². The van der Waals surface area contributed by atoms with Crippen molar-refractivity contribution in [2.75, 3.05) is 0 Å². The van der Waals surface area contributed by atoms with Crippen molar-refractivity contribution in [1.82, 2.24) is 0 Å².